The lowest BCUT2D eigenvalue weighted by Crippen LogP contribution is -2.51. The second-order valence-corrected chi connectivity index (χ2v) is 8.47. The monoisotopic (exact) mass is 415 g/mol. The average molecular weight is 416 g/mol. The maximum atomic E-state index is 12.9. The number of ether oxygens (including phenoxy) is 2. The largest absolute Gasteiger partial charge is 0.496 e. The van der Waals surface area contributed by atoms with Crippen LogP contribution in [0.15, 0.2) is 24.3 Å². The molecule has 3 aliphatic heterocycles. The van der Waals surface area contributed by atoms with Crippen LogP contribution < -0.4 is 4.74 Å². The van der Waals surface area contributed by atoms with Gasteiger partial charge in [-0.15, -0.1) is 0 Å². The summed E-state index contributed by atoms with van der Waals surface area (Å²) in [5.41, 5.74) is 0.640. The number of carbonyl (C=O) groups excluding carboxylic acids is 2. The Labute approximate surface area is 178 Å². The lowest BCUT2D eigenvalue weighted by Gasteiger charge is -2.42. The number of benzene rings is 1. The average Bonchev–Trinajstić information content (AvgIpc) is 2.84. The van der Waals surface area contributed by atoms with Crippen LogP contribution in [-0.2, 0) is 9.53 Å². The number of piperidine rings is 2. The van der Waals surface area contributed by atoms with E-state index in [0.717, 1.165) is 65.0 Å². The van der Waals surface area contributed by atoms with Crippen molar-refractivity contribution in [2.75, 3.05) is 59.6 Å². The topological polar surface area (TPSA) is 62.3 Å². The fourth-order valence-corrected chi connectivity index (χ4v) is 4.98. The molecule has 0 spiro atoms. The molecule has 2 amide bonds. The zero-order chi connectivity index (χ0) is 20.9. The van der Waals surface area contributed by atoms with Gasteiger partial charge in [-0.2, -0.15) is 0 Å². The fraction of sp³-hybridized carbons (Fsp3) is 0.652. The number of methoxy groups -OCH3 is 1. The zero-order valence-corrected chi connectivity index (χ0v) is 17.9. The van der Waals surface area contributed by atoms with Crippen LogP contribution in [0.25, 0.3) is 0 Å². The summed E-state index contributed by atoms with van der Waals surface area (Å²) >= 11 is 0. The van der Waals surface area contributed by atoms with Gasteiger partial charge in [0.1, 0.15) is 5.75 Å². The molecule has 3 aliphatic rings. The summed E-state index contributed by atoms with van der Waals surface area (Å²) in [5.74, 6) is 1.17. The van der Waals surface area contributed by atoms with E-state index in [1.165, 1.54) is 0 Å². The summed E-state index contributed by atoms with van der Waals surface area (Å²) in [6.45, 7) is 6.29. The molecule has 30 heavy (non-hydrogen) atoms. The Bertz CT molecular complexity index is 734. The molecule has 0 unspecified atom stereocenters. The number of likely N-dealkylation sites (tertiary alicyclic amines) is 2. The Morgan fingerprint density at radius 1 is 0.900 bits per heavy atom. The summed E-state index contributed by atoms with van der Waals surface area (Å²) in [7, 11) is 1.60. The highest BCUT2D eigenvalue weighted by Crippen LogP contribution is 2.27. The molecule has 3 fully saturated rings. The highest BCUT2D eigenvalue weighted by Gasteiger charge is 2.34. The fourth-order valence-electron chi connectivity index (χ4n) is 4.98. The quantitative estimate of drug-likeness (QED) is 0.751. The molecule has 3 heterocycles. The molecular formula is C23H33N3O4. The van der Waals surface area contributed by atoms with Crippen LogP contribution in [0.1, 0.15) is 36.0 Å². The maximum Gasteiger partial charge on any atom is 0.257 e. The number of hydrogen-bond donors (Lipinski definition) is 0. The Kier molecular flexibility index (Phi) is 6.89. The minimum Gasteiger partial charge on any atom is -0.496 e. The third-order valence-corrected chi connectivity index (χ3v) is 6.81. The third kappa shape index (κ3) is 4.62. The molecule has 0 N–H and O–H groups in total. The maximum absolute atomic E-state index is 12.9. The summed E-state index contributed by atoms with van der Waals surface area (Å²) in [6.07, 6.45) is 3.86. The third-order valence-electron chi connectivity index (χ3n) is 6.81. The van der Waals surface area contributed by atoms with Crippen LogP contribution in [0.3, 0.4) is 0 Å². The molecule has 7 heteroatoms. The van der Waals surface area contributed by atoms with Crippen molar-refractivity contribution in [1.82, 2.24) is 14.7 Å². The van der Waals surface area contributed by atoms with E-state index in [9.17, 15) is 9.59 Å². The Hall–Kier alpha value is -2.12. The smallest absolute Gasteiger partial charge is 0.257 e. The molecule has 3 saturated heterocycles. The van der Waals surface area contributed by atoms with E-state index in [2.05, 4.69) is 4.90 Å². The number of nitrogens with zero attached hydrogens (tertiary/aromatic N) is 3. The van der Waals surface area contributed by atoms with E-state index >= 15 is 0 Å². The highest BCUT2D eigenvalue weighted by molar-refractivity contribution is 5.97. The van der Waals surface area contributed by atoms with Gasteiger partial charge in [-0.05, 0) is 50.9 Å². The molecule has 0 bridgehead atoms. The second kappa shape index (κ2) is 9.79. The van der Waals surface area contributed by atoms with Gasteiger partial charge >= 0.3 is 0 Å². The van der Waals surface area contributed by atoms with Crippen molar-refractivity contribution in [2.45, 2.75) is 31.7 Å². The van der Waals surface area contributed by atoms with Crippen LogP contribution in [0, 0.1) is 5.92 Å². The summed E-state index contributed by atoms with van der Waals surface area (Å²) in [4.78, 5) is 32.1. The molecule has 164 valence electrons. The van der Waals surface area contributed by atoms with Crippen LogP contribution in [0.2, 0.25) is 0 Å². The van der Waals surface area contributed by atoms with Crippen molar-refractivity contribution in [2.24, 2.45) is 5.92 Å². The predicted octanol–water partition coefficient (Wildman–Crippen LogP) is 1.87. The number of morpholine rings is 1. The van der Waals surface area contributed by atoms with Crippen molar-refractivity contribution in [1.29, 1.82) is 0 Å². The van der Waals surface area contributed by atoms with Crippen molar-refractivity contribution >= 4 is 11.8 Å². The normalized spacial score (nSPS) is 22.2. The van der Waals surface area contributed by atoms with Crippen LogP contribution in [0.5, 0.6) is 5.75 Å². The molecule has 7 nitrogen and oxygen atoms in total. The number of para-hydroxylation sites is 1. The summed E-state index contributed by atoms with van der Waals surface area (Å²) in [5, 5.41) is 0. The van der Waals surface area contributed by atoms with Crippen LogP contribution in [0.4, 0.5) is 0 Å². The number of carbonyl (C=O) groups is 2. The number of rotatable bonds is 4. The van der Waals surface area contributed by atoms with Crippen molar-refractivity contribution in [3.05, 3.63) is 29.8 Å². The van der Waals surface area contributed by atoms with E-state index < -0.39 is 0 Å². The van der Waals surface area contributed by atoms with E-state index in [-0.39, 0.29) is 11.8 Å². The zero-order valence-electron chi connectivity index (χ0n) is 17.9. The van der Waals surface area contributed by atoms with E-state index in [0.29, 0.717) is 36.5 Å². The Morgan fingerprint density at radius 2 is 1.57 bits per heavy atom. The minimum atomic E-state index is 0.0562. The summed E-state index contributed by atoms with van der Waals surface area (Å²) in [6, 6.07) is 7.94. The molecule has 0 aliphatic carbocycles. The van der Waals surface area contributed by atoms with Crippen LogP contribution in [-0.4, -0.2) is 92.1 Å². The van der Waals surface area contributed by atoms with Gasteiger partial charge < -0.3 is 24.2 Å². The van der Waals surface area contributed by atoms with Gasteiger partial charge in [0.2, 0.25) is 5.91 Å². The van der Waals surface area contributed by atoms with Gasteiger partial charge in [0.25, 0.3) is 5.91 Å². The predicted molar refractivity (Wildman–Crippen MR) is 114 cm³/mol. The SMILES string of the molecule is COc1ccccc1C(=O)N1CCC(N2CCC(C(=O)N3CCOCC3)CC2)CC1. The standard InChI is InChI=1S/C23H33N3O4/c1-29-21-5-3-2-4-20(21)23(28)25-12-8-19(9-13-25)24-10-6-18(7-11-24)22(27)26-14-16-30-17-15-26/h2-5,18-19H,6-17H2,1H3. The molecule has 0 saturated carbocycles. The van der Waals surface area contributed by atoms with Gasteiger partial charge in [-0.25, -0.2) is 0 Å². The molecule has 0 radical (unpaired) electrons. The molecule has 1 aromatic rings. The van der Waals surface area contributed by atoms with E-state index in [1.54, 1.807) is 7.11 Å². The van der Waals surface area contributed by atoms with Gasteiger partial charge in [0, 0.05) is 38.1 Å². The van der Waals surface area contributed by atoms with Crippen LogP contribution >= 0.6 is 0 Å². The highest BCUT2D eigenvalue weighted by atomic mass is 16.5. The first-order chi connectivity index (χ1) is 14.7. The molecule has 0 aromatic heterocycles. The van der Waals surface area contributed by atoms with Gasteiger partial charge in [-0.1, -0.05) is 12.1 Å². The minimum absolute atomic E-state index is 0.0562. The molecule has 1 aromatic carbocycles. The van der Waals surface area contributed by atoms with Gasteiger partial charge in [0.15, 0.2) is 0 Å². The molecule has 0 atom stereocenters. The first kappa shape index (κ1) is 21.1. The second-order valence-electron chi connectivity index (χ2n) is 8.47. The Morgan fingerprint density at radius 3 is 2.23 bits per heavy atom. The number of amides is 2. The lowest BCUT2D eigenvalue weighted by atomic mass is 9.92. The van der Waals surface area contributed by atoms with E-state index in [4.69, 9.17) is 9.47 Å². The number of hydrogen-bond acceptors (Lipinski definition) is 5. The molecule has 4 rings (SSSR count). The summed E-state index contributed by atoms with van der Waals surface area (Å²) < 4.78 is 10.7. The van der Waals surface area contributed by atoms with Crippen molar-refractivity contribution in [3.8, 4) is 5.75 Å². The lowest BCUT2D eigenvalue weighted by molar-refractivity contribution is -0.141. The Balaban J connectivity index is 1.25. The van der Waals surface area contributed by atoms with Crippen molar-refractivity contribution < 1.29 is 19.1 Å². The first-order valence-corrected chi connectivity index (χ1v) is 11.2. The van der Waals surface area contributed by atoms with E-state index in [1.807, 2.05) is 34.1 Å². The first-order valence-electron chi connectivity index (χ1n) is 11.2. The van der Waals surface area contributed by atoms with Gasteiger partial charge in [-0.3, -0.25) is 9.59 Å². The van der Waals surface area contributed by atoms with Crippen molar-refractivity contribution in [3.63, 3.8) is 0 Å². The molecular weight excluding hydrogens is 382 g/mol. The van der Waals surface area contributed by atoms with Gasteiger partial charge in [0.05, 0.1) is 25.9 Å².